The van der Waals surface area contributed by atoms with Gasteiger partial charge in [0.2, 0.25) is 11.3 Å². The van der Waals surface area contributed by atoms with Crippen LogP contribution < -0.4 is 5.50 Å². The van der Waals surface area contributed by atoms with Crippen molar-refractivity contribution in [3.05, 3.63) is 39.7 Å². The number of nitrogens with zero attached hydrogens (tertiary/aromatic N) is 3. The summed E-state index contributed by atoms with van der Waals surface area (Å²) in [5, 5.41) is 11.7. The van der Waals surface area contributed by atoms with Crippen molar-refractivity contribution in [2.45, 2.75) is 53.0 Å². The number of hydrogen-bond donors (Lipinski definition) is 0. The monoisotopic (exact) mass is 479 g/mol. The van der Waals surface area contributed by atoms with Crippen molar-refractivity contribution in [1.82, 2.24) is 9.55 Å². The fraction of sp³-hybridized carbons (Fsp3) is 0.500. The smallest absolute Gasteiger partial charge is 0.396 e. The number of fused-ring (bicyclic) bond motifs is 1. The predicted molar refractivity (Wildman–Crippen MR) is 121 cm³/mol. The van der Waals surface area contributed by atoms with Gasteiger partial charge in [-0.05, 0) is 62.3 Å². The van der Waals surface area contributed by atoms with Crippen LogP contribution in [0, 0.1) is 21.8 Å². The molecule has 0 unspecified atom stereocenters. The Morgan fingerprint density at radius 1 is 1.30 bits per heavy atom. The number of rotatable bonds is 10. The molecule has 4 rings (SSSR count). The Balaban J connectivity index is 1.96. The third-order valence-corrected chi connectivity index (χ3v) is 7.38. The average molecular weight is 479 g/mol. The Labute approximate surface area is 190 Å². The van der Waals surface area contributed by atoms with Gasteiger partial charge in [-0.2, -0.15) is 4.39 Å². The summed E-state index contributed by atoms with van der Waals surface area (Å²) in [5.41, 5.74) is 0.624. The molecule has 1 aliphatic rings. The Hall–Kier alpha value is -2.55. The highest BCUT2D eigenvalue weighted by atomic mass is 31.2. The quantitative estimate of drug-likeness (QED) is 0.206. The van der Waals surface area contributed by atoms with Crippen LogP contribution in [0.5, 0.6) is 0 Å². The molecule has 0 radical (unpaired) electrons. The second-order valence-electron chi connectivity index (χ2n) is 8.44. The summed E-state index contributed by atoms with van der Waals surface area (Å²) in [6, 6.07) is 4.35. The molecular weight excluding hydrogens is 452 g/mol. The molecule has 0 N–H and O–H groups in total. The van der Waals surface area contributed by atoms with E-state index in [0.29, 0.717) is 23.4 Å². The SMILES string of the molecule is CCOP(=O)(OCC)c1ccc(-c2nc3c([N+](=O)[O-])c(F)cc(C4CC4)c3n2CC(C)C)o1. The molecule has 0 saturated heterocycles. The number of benzene rings is 1. The van der Waals surface area contributed by atoms with Crippen LogP contribution in [0.25, 0.3) is 22.6 Å². The van der Waals surface area contributed by atoms with E-state index in [0.717, 1.165) is 12.8 Å². The molecule has 1 aromatic carbocycles. The first-order valence-corrected chi connectivity index (χ1v) is 12.6. The molecule has 1 fully saturated rings. The summed E-state index contributed by atoms with van der Waals surface area (Å²) in [6.45, 7) is 8.23. The zero-order valence-electron chi connectivity index (χ0n) is 19.0. The lowest BCUT2D eigenvalue weighted by Crippen LogP contribution is -2.09. The minimum absolute atomic E-state index is 0.00620. The van der Waals surface area contributed by atoms with Crippen LogP contribution in [-0.4, -0.2) is 27.7 Å². The maximum Gasteiger partial charge on any atom is 0.396 e. The van der Waals surface area contributed by atoms with Crippen LogP contribution in [0.4, 0.5) is 10.1 Å². The van der Waals surface area contributed by atoms with E-state index in [1.54, 1.807) is 19.9 Å². The molecular formula is C22H27FN3O6P. The largest absolute Gasteiger partial charge is 0.445 e. The normalized spacial score (nSPS) is 14.5. The van der Waals surface area contributed by atoms with Crippen LogP contribution in [0.3, 0.4) is 0 Å². The topological polar surface area (TPSA) is 110 Å². The van der Waals surface area contributed by atoms with Crippen molar-refractivity contribution < 1.29 is 27.3 Å². The van der Waals surface area contributed by atoms with E-state index in [1.807, 2.05) is 18.4 Å². The lowest BCUT2D eigenvalue weighted by atomic mass is 10.1. The molecule has 2 heterocycles. The van der Waals surface area contributed by atoms with Crippen LogP contribution in [0.2, 0.25) is 0 Å². The lowest BCUT2D eigenvalue weighted by molar-refractivity contribution is -0.385. The number of imidazole rings is 1. The lowest BCUT2D eigenvalue weighted by Gasteiger charge is -2.14. The van der Waals surface area contributed by atoms with E-state index in [-0.39, 0.29) is 41.8 Å². The first kappa shape index (κ1) is 23.6. The Bertz CT molecular complexity index is 1240. The summed E-state index contributed by atoms with van der Waals surface area (Å²) >= 11 is 0. The molecule has 0 aliphatic heterocycles. The van der Waals surface area contributed by atoms with E-state index < -0.39 is 24.0 Å². The first-order chi connectivity index (χ1) is 15.7. The van der Waals surface area contributed by atoms with E-state index in [4.69, 9.17) is 13.5 Å². The van der Waals surface area contributed by atoms with Gasteiger partial charge in [0.15, 0.2) is 17.1 Å². The average Bonchev–Trinajstić information content (AvgIpc) is 3.34. The van der Waals surface area contributed by atoms with Crippen LogP contribution >= 0.6 is 7.60 Å². The van der Waals surface area contributed by atoms with Gasteiger partial charge in [-0.25, -0.2) is 4.98 Å². The highest BCUT2D eigenvalue weighted by Gasteiger charge is 2.36. The van der Waals surface area contributed by atoms with E-state index in [1.165, 1.54) is 12.1 Å². The third kappa shape index (κ3) is 4.35. The van der Waals surface area contributed by atoms with Gasteiger partial charge in [0.05, 0.1) is 23.7 Å². The van der Waals surface area contributed by atoms with Gasteiger partial charge >= 0.3 is 13.3 Å². The van der Waals surface area contributed by atoms with Gasteiger partial charge in [0.25, 0.3) is 0 Å². The van der Waals surface area contributed by atoms with Crippen molar-refractivity contribution in [2.24, 2.45) is 5.92 Å². The molecule has 3 aromatic rings. The van der Waals surface area contributed by atoms with Gasteiger partial charge in [0, 0.05) is 6.54 Å². The molecule has 33 heavy (non-hydrogen) atoms. The molecule has 0 spiro atoms. The minimum atomic E-state index is -3.67. The molecule has 11 heteroatoms. The van der Waals surface area contributed by atoms with E-state index in [2.05, 4.69) is 4.98 Å². The number of halogens is 1. The molecule has 0 bridgehead atoms. The Morgan fingerprint density at radius 2 is 1.97 bits per heavy atom. The summed E-state index contributed by atoms with van der Waals surface area (Å²) in [5.74, 6) is -0.0308. The van der Waals surface area contributed by atoms with Gasteiger partial charge in [-0.3, -0.25) is 14.7 Å². The highest BCUT2D eigenvalue weighted by molar-refractivity contribution is 7.61. The molecule has 9 nitrogen and oxygen atoms in total. The highest BCUT2D eigenvalue weighted by Crippen LogP contribution is 2.49. The molecule has 0 amide bonds. The summed E-state index contributed by atoms with van der Waals surface area (Å²) in [6.07, 6.45) is 1.79. The van der Waals surface area contributed by atoms with Gasteiger partial charge in [-0.15, -0.1) is 0 Å². The van der Waals surface area contributed by atoms with Crippen LogP contribution in [0.15, 0.2) is 22.6 Å². The maximum absolute atomic E-state index is 14.8. The standard InChI is InChI=1S/C22H27FN3O6P/c1-5-30-33(29,31-6-2)18-10-9-17(32-18)22-24-19-20(25(22)12-13(3)4)15(14-7-8-14)11-16(23)21(19)26(27)28/h9-11,13-14H,5-8,12H2,1-4H3. The minimum Gasteiger partial charge on any atom is -0.445 e. The number of aromatic nitrogens is 2. The summed E-state index contributed by atoms with van der Waals surface area (Å²) < 4.78 is 46.3. The van der Waals surface area contributed by atoms with Crippen molar-refractivity contribution >= 4 is 29.8 Å². The molecule has 2 aromatic heterocycles. The zero-order chi connectivity index (χ0) is 23.9. The van der Waals surface area contributed by atoms with E-state index >= 15 is 0 Å². The summed E-state index contributed by atoms with van der Waals surface area (Å²) in [4.78, 5) is 15.5. The second-order valence-corrected chi connectivity index (χ2v) is 10.4. The van der Waals surface area contributed by atoms with Crippen LogP contribution in [-0.2, 0) is 20.2 Å². The van der Waals surface area contributed by atoms with Crippen molar-refractivity contribution in [1.29, 1.82) is 0 Å². The van der Waals surface area contributed by atoms with Gasteiger partial charge < -0.3 is 18.0 Å². The van der Waals surface area contributed by atoms with E-state index in [9.17, 15) is 19.1 Å². The summed E-state index contributed by atoms with van der Waals surface area (Å²) in [7, 11) is -3.67. The number of hydrogen-bond acceptors (Lipinski definition) is 7. The number of nitro groups is 1. The fourth-order valence-electron chi connectivity index (χ4n) is 4.01. The van der Waals surface area contributed by atoms with Crippen LogP contribution in [0.1, 0.15) is 52.0 Å². The Morgan fingerprint density at radius 3 is 2.52 bits per heavy atom. The maximum atomic E-state index is 14.8. The molecule has 0 atom stereocenters. The molecule has 1 aliphatic carbocycles. The molecule has 178 valence electrons. The van der Waals surface area contributed by atoms with Gasteiger partial charge in [-0.1, -0.05) is 13.8 Å². The zero-order valence-corrected chi connectivity index (χ0v) is 19.9. The van der Waals surface area contributed by atoms with Crippen molar-refractivity contribution in [3.63, 3.8) is 0 Å². The number of nitro benzene ring substituents is 1. The molecule has 1 saturated carbocycles. The third-order valence-electron chi connectivity index (χ3n) is 5.40. The number of furan rings is 1. The Kier molecular flexibility index (Phi) is 6.44. The van der Waals surface area contributed by atoms with Crippen molar-refractivity contribution in [3.8, 4) is 11.6 Å². The predicted octanol–water partition coefficient (Wildman–Crippen LogP) is 5.77. The fourth-order valence-corrected chi connectivity index (χ4v) is 5.48. The second kappa shape index (κ2) is 9.00. The van der Waals surface area contributed by atoms with Gasteiger partial charge in [0.1, 0.15) is 0 Å². The van der Waals surface area contributed by atoms with Crippen molar-refractivity contribution in [2.75, 3.05) is 13.2 Å². The first-order valence-electron chi connectivity index (χ1n) is 11.1.